The van der Waals surface area contributed by atoms with Crippen LogP contribution in [0, 0.1) is 10.7 Å². The molecule has 0 unspecified atom stereocenters. The summed E-state index contributed by atoms with van der Waals surface area (Å²) in [5.41, 5.74) is -5.55. The number of hydrogen-bond acceptors (Lipinski definition) is 3. The first kappa shape index (κ1) is 24.5. The fourth-order valence-electron chi connectivity index (χ4n) is 2.58. The van der Waals surface area contributed by atoms with Crippen LogP contribution in [0.3, 0.4) is 0 Å². The Hall–Kier alpha value is -0.100. The maximum Gasteiger partial charge on any atom is 0.524 e. The Morgan fingerprint density at radius 2 is 0.867 bits per heavy atom. The summed E-state index contributed by atoms with van der Waals surface area (Å²) in [4.78, 5) is 1.04. The third-order valence-corrected chi connectivity index (χ3v) is 11.0. The monoisotopic (exact) mass is 790 g/mol. The van der Waals surface area contributed by atoms with E-state index in [9.17, 15) is 21.6 Å². The zero-order valence-corrected chi connectivity index (χ0v) is 22.8. The van der Waals surface area contributed by atoms with E-state index < -0.39 is 25.9 Å². The summed E-state index contributed by atoms with van der Waals surface area (Å²) in [6, 6.07) is 19.9. The molecule has 160 valence electrons. The molecular formula is C19H12F3I3O3S2. The standard InChI is InChI=1S/C19H12F3I3O3S2/c20-19(21,22)30(26,27)28-29(16-7-1-13(23)2-8-16,17-9-3-14(24)4-10-17)18-11-5-15(25)6-12-18/h1-12H. The van der Waals surface area contributed by atoms with E-state index in [0.717, 1.165) is 10.7 Å². The zero-order chi connectivity index (χ0) is 22.2. The molecule has 0 aliphatic heterocycles. The van der Waals surface area contributed by atoms with Gasteiger partial charge in [0.2, 0.25) is 0 Å². The lowest BCUT2D eigenvalue weighted by atomic mass is 10.4. The Balaban J connectivity index is 2.40. The largest absolute Gasteiger partial charge is 0.524 e. The highest BCUT2D eigenvalue weighted by molar-refractivity contribution is 14.1. The molecule has 3 aromatic carbocycles. The molecule has 0 atom stereocenters. The van der Waals surface area contributed by atoms with Crippen LogP contribution >= 0.6 is 78.1 Å². The third-order valence-electron chi connectivity index (χ3n) is 3.91. The molecule has 0 aliphatic carbocycles. The van der Waals surface area contributed by atoms with Crippen LogP contribution in [0.1, 0.15) is 0 Å². The molecular weight excluding hydrogens is 778 g/mol. The van der Waals surface area contributed by atoms with Gasteiger partial charge in [0.25, 0.3) is 0 Å². The van der Waals surface area contributed by atoms with Gasteiger partial charge in [0.1, 0.15) is 0 Å². The van der Waals surface area contributed by atoms with E-state index >= 15 is 0 Å². The van der Waals surface area contributed by atoms with Crippen LogP contribution in [0.25, 0.3) is 0 Å². The van der Waals surface area contributed by atoms with Gasteiger partial charge >= 0.3 is 15.6 Å². The van der Waals surface area contributed by atoms with Crippen LogP contribution in [0.5, 0.6) is 0 Å². The summed E-state index contributed by atoms with van der Waals surface area (Å²) in [6.45, 7) is 0. The van der Waals surface area contributed by atoms with Crippen molar-refractivity contribution in [1.82, 2.24) is 0 Å². The van der Waals surface area contributed by atoms with Crippen molar-refractivity contribution in [1.29, 1.82) is 0 Å². The molecule has 0 aromatic heterocycles. The van der Waals surface area contributed by atoms with Crippen LogP contribution in [-0.2, 0) is 13.7 Å². The van der Waals surface area contributed by atoms with Crippen molar-refractivity contribution >= 4 is 88.2 Å². The fourth-order valence-corrected chi connectivity index (χ4v) is 8.36. The highest BCUT2D eigenvalue weighted by atomic mass is 127. The molecule has 0 saturated carbocycles. The SMILES string of the molecule is O=S(=O)(OS(c1ccc(I)cc1)(c1ccc(I)cc1)c1ccc(I)cc1)C(F)(F)F. The van der Waals surface area contributed by atoms with Crippen molar-refractivity contribution in [3.05, 3.63) is 83.5 Å². The molecule has 3 nitrogen and oxygen atoms in total. The van der Waals surface area contributed by atoms with E-state index in [0.29, 0.717) is 14.7 Å². The zero-order valence-electron chi connectivity index (χ0n) is 14.7. The van der Waals surface area contributed by atoms with Crippen LogP contribution in [0.2, 0.25) is 0 Å². The topological polar surface area (TPSA) is 43.4 Å². The highest BCUT2D eigenvalue weighted by Gasteiger charge is 2.52. The second kappa shape index (κ2) is 9.41. The second-order valence-electron chi connectivity index (χ2n) is 5.89. The van der Waals surface area contributed by atoms with Crippen molar-refractivity contribution in [2.24, 2.45) is 0 Å². The summed E-state index contributed by atoms with van der Waals surface area (Å²) in [5.74, 6) is 0. The van der Waals surface area contributed by atoms with E-state index in [1.165, 1.54) is 0 Å². The molecule has 11 heteroatoms. The molecule has 0 aliphatic rings. The molecule has 0 radical (unpaired) electrons. The van der Waals surface area contributed by atoms with Gasteiger partial charge in [0, 0.05) is 25.4 Å². The fraction of sp³-hybridized carbons (Fsp3) is 0.0526. The van der Waals surface area contributed by atoms with Crippen LogP contribution in [0.15, 0.2) is 87.5 Å². The Bertz CT molecular complexity index is 1020. The minimum atomic E-state index is -5.90. The first-order chi connectivity index (χ1) is 14.0. The molecule has 0 fully saturated rings. The van der Waals surface area contributed by atoms with E-state index in [-0.39, 0.29) is 0 Å². The van der Waals surface area contributed by atoms with Gasteiger partial charge in [-0.1, -0.05) is 0 Å². The van der Waals surface area contributed by atoms with E-state index in [2.05, 4.69) is 67.8 Å². The molecule has 0 spiro atoms. The van der Waals surface area contributed by atoms with Crippen molar-refractivity contribution in [2.45, 2.75) is 20.2 Å². The molecule has 0 saturated heterocycles. The van der Waals surface area contributed by atoms with Crippen LogP contribution < -0.4 is 0 Å². The Morgan fingerprint density at radius 3 is 1.10 bits per heavy atom. The van der Waals surface area contributed by atoms with Gasteiger partial charge in [-0.25, -0.2) is 0 Å². The lowest BCUT2D eigenvalue weighted by Crippen LogP contribution is -2.27. The normalized spacial score (nSPS) is 13.3. The predicted octanol–water partition coefficient (Wildman–Crippen LogP) is 7.56. The number of hydrogen-bond donors (Lipinski definition) is 0. The van der Waals surface area contributed by atoms with Gasteiger partial charge in [-0.15, -0.1) is 0 Å². The second-order valence-corrected chi connectivity index (χ2v) is 14.1. The average molecular weight is 790 g/mol. The lowest BCUT2D eigenvalue weighted by molar-refractivity contribution is -0.0496. The molecule has 0 bridgehead atoms. The van der Waals surface area contributed by atoms with E-state index in [4.69, 9.17) is 3.63 Å². The third kappa shape index (κ3) is 5.10. The number of rotatable bonds is 5. The van der Waals surface area contributed by atoms with Gasteiger partial charge < -0.3 is 0 Å². The van der Waals surface area contributed by atoms with E-state index in [1.54, 1.807) is 72.8 Å². The van der Waals surface area contributed by atoms with Gasteiger partial charge in [-0.2, -0.15) is 25.2 Å². The first-order valence-electron chi connectivity index (χ1n) is 8.08. The molecule has 0 heterocycles. The Kier molecular flexibility index (Phi) is 7.70. The molecule has 0 N–H and O–H groups in total. The number of benzene rings is 3. The van der Waals surface area contributed by atoms with Crippen molar-refractivity contribution in [3.63, 3.8) is 0 Å². The minimum absolute atomic E-state index is 0.346. The molecule has 3 aromatic rings. The predicted molar refractivity (Wildman–Crippen MR) is 136 cm³/mol. The average Bonchev–Trinajstić information content (AvgIpc) is 2.67. The summed E-state index contributed by atoms with van der Waals surface area (Å²) in [5, 5.41) is 0. The maximum atomic E-state index is 13.4. The van der Waals surface area contributed by atoms with Crippen LogP contribution in [-0.4, -0.2) is 13.9 Å². The van der Waals surface area contributed by atoms with Crippen molar-refractivity contribution in [2.75, 3.05) is 0 Å². The van der Waals surface area contributed by atoms with E-state index in [1.807, 2.05) is 0 Å². The Morgan fingerprint density at radius 1 is 0.600 bits per heavy atom. The molecule has 3 rings (SSSR count). The van der Waals surface area contributed by atoms with Crippen molar-refractivity contribution < 1.29 is 25.2 Å². The van der Waals surface area contributed by atoms with Gasteiger partial charge in [-0.3, -0.25) is 0 Å². The maximum absolute atomic E-state index is 13.4. The van der Waals surface area contributed by atoms with Gasteiger partial charge in [0.05, 0.1) is 0 Å². The highest BCUT2D eigenvalue weighted by Crippen LogP contribution is 2.70. The Labute approximate surface area is 214 Å². The smallest absolute Gasteiger partial charge is 0.200 e. The quantitative estimate of drug-likeness (QED) is 0.198. The minimum Gasteiger partial charge on any atom is -0.200 e. The summed E-state index contributed by atoms with van der Waals surface area (Å²) < 4.78 is 72.5. The molecule has 0 amide bonds. The first-order valence-corrected chi connectivity index (χ1v) is 14.3. The van der Waals surface area contributed by atoms with Crippen LogP contribution in [0.4, 0.5) is 13.2 Å². The summed E-state index contributed by atoms with van der Waals surface area (Å²) in [7, 11) is -9.14. The van der Waals surface area contributed by atoms with Crippen molar-refractivity contribution in [3.8, 4) is 0 Å². The summed E-state index contributed by atoms with van der Waals surface area (Å²) >= 11 is 6.22. The number of halogens is 6. The lowest BCUT2D eigenvalue weighted by Gasteiger charge is -2.39. The summed E-state index contributed by atoms with van der Waals surface area (Å²) in [6.07, 6.45) is 0. The molecule has 30 heavy (non-hydrogen) atoms. The van der Waals surface area contributed by atoms with Gasteiger partial charge in [-0.05, 0) is 151 Å². The number of alkyl halides is 3. The van der Waals surface area contributed by atoms with Gasteiger partial charge in [0.15, 0.2) is 0 Å².